The lowest BCUT2D eigenvalue weighted by molar-refractivity contribution is 0.108. The average molecular weight is 379 g/mol. The lowest BCUT2D eigenvalue weighted by atomic mass is 10.2. The molecule has 0 fully saturated rings. The first-order valence-electron chi connectivity index (χ1n) is 10.7. The highest BCUT2D eigenvalue weighted by molar-refractivity contribution is 5.79. The molecule has 7 heteroatoms. The maximum Gasteiger partial charge on any atom is 0.191 e. The average Bonchev–Trinajstić information content (AvgIpc) is 2.87. The standard InChI is InChI=1S/C20H38N6O/c1-4-21-20(23-13-9-15-27-16-17(2)3)22-12-8-11-19-25-24-18-10-6-5-7-14-26(18)19/h17H,4-16H2,1-3H3,(H2,21,22,23). The third-order valence-electron chi connectivity index (χ3n) is 4.57. The van der Waals surface area contributed by atoms with Gasteiger partial charge in [0.15, 0.2) is 5.96 Å². The van der Waals surface area contributed by atoms with Crippen LogP contribution in [0.25, 0.3) is 0 Å². The fourth-order valence-corrected chi connectivity index (χ4v) is 3.20. The number of aliphatic imine (C=N–C) groups is 1. The lowest BCUT2D eigenvalue weighted by Gasteiger charge is -2.12. The zero-order valence-electron chi connectivity index (χ0n) is 17.5. The Balaban J connectivity index is 1.68. The molecule has 0 atom stereocenters. The van der Waals surface area contributed by atoms with Gasteiger partial charge in [0.25, 0.3) is 0 Å². The second kappa shape index (κ2) is 12.7. The molecule has 0 spiro atoms. The minimum atomic E-state index is 0.595. The van der Waals surface area contributed by atoms with Gasteiger partial charge in [-0.25, -0.2) is 0 Å². The predicted molar refractivity (Wildman–Crippen MR) is 110 cm³/mol. The maximum atomic E-state index is 5.62. The highest BCUT2D eigenvalue weighted by Crippen LogP contribution is 2.15. The lowest BCUT2D eigenvalue weighted by Crippen LogP contribution is -2.38. The quantitative estimate of drug-likeness (QED) is 0.352. The van der Waals surface area contributed by atoms with Crippen molar-refractivity contribution in [2.45, 2.75) is 72.3 Å². The number of fused-ring (bicyclic) bond motifs is 1. The summed E-state index contributed by atoms with van der Waals surface area (Å²) < 4.78 is 7.95. The van der Waals surface area contributed by atoms with E-state index in [9.17, 15) is 0 Å². The van der Waals surface area contributed by atoms with Gasteiger partial charge in [-0.2, -0.15) is 0 Å². The molecule has 1 aromatic heterocycles. The summed E-state index contributed by atoms with van der Waals surface area (Å²) in [6.07, 6.45) is 7.77. The Kier molecular flexibility index (Phi) is 10.2. The fraction of sp³-hybridized carbons (Fsp3) is 0.850. The summed E-state index contributed by atoms with van der Waals surface area (Å²) in [6, 6.07) is 0. The predicted octanol–water partition coefficient (Wildman–Crippen LogP) is 2.55. The molecule has 0 saturated heterocycles. The van der Waals surface area contributed by atoms with Gasteiger partial charge in [-0.1, -0.05) is 20.3 Å². The normalized spacial score (nSPS) is 14.9. The van der Waals surface area contributed by atoms with Gasteiger partial charge >= 0.3 is 0 Å². The molecule has 0 aliphatic carbocycles. The van der Waals surface area contributed by atoms with Crippen molar-refractivity contribution in [3.8, 4) is 0 Å². The Hall–Kier alpha value is -1.63. The summed E-state index contributed by atoms with van der Waals surface area (Å²) in [5, 5.41) is 15.5. The van der Waals surface area contributed by atoms with Gasteiger partial charge < -0.3 is 19.9 Å². The van der Waals surface area contributed by atoms with E-state index in [2.05, 4.69) is 51.2 Å². The number of rotatable bonds is 11. The first kappa shape index (κ1) is 21.7. The van der Waals surface area contributed by atoms with E-state index in [4.69, 9.17) is 4.74 Å². The van der Waals surface area contributed by atoms with Crippen LogP contribution in [-0.2, 0) is 24.1 Å². The summed E-state index contributed by atoms with van der Waals surface area (Å²) >= 11 is 0. The molecule has 0 unspecified atom stereocenters. The van der Waals surface area contributed by atoms with Crippen molar-refractivity contribution in [2.24, 2.45) is 10.9 Å². The topological polar surface area (TPSA) is 76.4 Å². The number of aromatic nitrogens is 3. The molecule has 7 nitrogen and oxygen atoms in total. The van der Waals surface area contributed by atoms with E-state index in [1.54, 1.807) is 0 Å². The molecule has 0 radical (unpaired) electrons. The van der Waals surface area contributed by atoms with Crippen LogP contribution in [0.5, 0.6) is 0 Å². The molecule has 2 heterocycles. The van der Waals surface area contributed by atoms with Crippen LogP contribution in [0, 0.1) is 5.92 Å². The van der Waals surface area contributed by atoms with Gasteiger partial charge in [0, 0.05) is 52.2 Å². The van der Waals surface area contributed by atoms with Crippen LogP contribution < -0.4 is 10.6 Å². The molecule has 2 rings (SSSR count). The monoisotopic (exact) mass is 378 g/mol. The number of hydrogen-bond donors (Lipinski definition) is 2. The second-order valence-electron chi connectivity index (χ2n) is 7.61. The second-order valence-corrected chi connectivity index (χ2v) is 7.61. The van der Waals surface area contributed by atoms with Crippen molar-refractivity contribution < 1.29 is 4.74 Å². The van der Waals surface area contributed by atoms with Crippen LogP contribution in [0.3, 0.4) is 0 Å². The number of nitrogens with zero attached hydrogens (tertiary/aromatic N) is 4. The highest BCUT2D eigenvalue weighted by atomic mass is 16.5. The van der Waals surface area contributed by atoms with Crippen molar-refractivity contribution >= 4 is 5.96 Å². The molecule has 1 aliphatic heterocycles. The molecule has 0 aromatic carbocycles. The third-order valence-corrected chi connectivity index (χ3v) is 4.57. The van der Waals surface area contributed by atoms with E-state index in [1.807, 2.05) is 0 Å². The van der Waals surface area contributed by atoms with Crippen LogP contribution in [-0.4, -0.2) is 53.6 Å². The summed E-state index contributed by atoms with van der Waals surface area (Å²) in [5.74, 6) is 3.78. The van der Waals surface area contributed by atoms with E-state index < -0.39 is 0 Å². The van der Waals surface area contributed by atoms with Gasteiger partial charge in [-0.3, -0.25) is 4.99 Å². The van der Waals surface area contributed by atoms with Gasteiger partial charge in [0.05, 0.1) is 0 Å². The Bertz CT molecular complexity index is 555. The molecule has 2 N–H and O–H groups in total. The van der Waals surface area contributed by atoms with Crippen molar-refractivity contribution in [1.29, 1.82) is 0 Å². The Morgan fingerprint density at radius 2 is 2.07 bits per heavy atom. The summed E-state index contributed by atoms with van der Waals surface area (Å²) in [4.78, 5) is 4.69. The van der Waals surface area contributed by atoms with Crippen molar-refractivity contribution in [2.75, 3.05) is 32.8 Å². The number of hydrogen-bond acceptors (Lipinski definition) is 4. The minimum Gasteiger partial charge on any atom is -0.381 e. The fourth-order valence-electron chi connectivity index (χ4n) is 3.20. The van der Waals surface area contributed by atoms with E-state index in [0.717, 1.165) is 76.9 Å². The van der Waals surface area contributed by atoms with Gasteiger partial charge in [0.1, 0.15) is 11.6 Å². The van der Waals surface area contributed by atoms with Crippen LogP contribution in [0.1, 0.15) is 64.5 Å². The Morgan fingerprint density at radius 3 is 2.89 bits per heavy atom. The molecule has 1 aromatic rings. The number of ether oxygens (including phenoxy) is 1. The van der Waals surface area contributed by atoms with E-state index >= 15 is 0 Å². The van der Waals surface area contributed by atoms with Gasteiger partial charge in [0.2, 0.25) is 0 Å². The van der Waals surface area contributed by atoms with E-state index in [-0.39, 0.29) is 0 Å². The maximum absolute atomic E-state index is 5.62. The number of nitrogens with one attached hydrogen (secondary N) is 2. The van der Waals surface area contributed by atoms with Crippen LogP contribution in [0.2, 0.25) is 0 Å². The molecule has 0 saturated carbocycles. The minimum absolute atomic E-state index is 0.595. The summed E-state index contributed by atoms with van der Waals surface area (Å²) in [5.41, 5.74) is 0. The highest BCUT2D eigenvalue weighted by Gasteiger charge is 2.13. The summed E-state index contributed by atoms with van der Waals surface area (Å²) in [7, 11) is 0. The molecular weight excluding hydrogens is 340 g/mol. The van der Waals surface area contributed by atoms with Gasteiger partial charge in [-0.05, 0) is 38.5 Å². The largest absolute Gasteiger partial charge is 0.381 e. The molecule has 154 valence electrons. The van der Waals surface area contributed by atoms with E-state index in [1.165, 1.54) is 25.1 Å². The number of guanidine groups is 1. The zero-order valence-corrected chi connectivity index (χ0v) is 17.5. The van der Waals surface area contributed by atoms with Crippen molar-refractivity contribution in [1.82, 2.24) is 25.4 Å². The van der Waals surface area contributed by atoms with Crippen LogP contribution in [0.15, 0.2) is 4.99 Å². The SMILES string of the molecule is CCNC(=NCCCc1nnc2n1CCCCC2)NCCCOCC(C)C. The van der Waals surface area contributed by atoms with Crippen molar-refractivity contribution in [3.05, 3.63) is 11.6 Å². The smallest absolute Gasteiger partial charge is 0.191 e. The van der Waals surface area contributed by atoms with E-state index in [0.29, 0.717) is 5.92 Å². The first-order chi connectivity index (χ1) is 13.2. The summed E-state index contributed by atoms with van der Waals surface area (Å²) in [6.45, 7) is 11.7. The van der Waals surface area contributed by atoms with Gasteiger partial charge in [-0.15, -0.1) is 10.2 Å². The molecule has 0 bridgehead atoms. The first-order valence-corrected chi connectivity index (χ1v) is 10.7. The molecule has 1 aliphatic rings. The molecule has 0 amide bonds. The van der Waals surface area contributed by atoms with Crippen LogP contribution in [0.4, 0.5) is 0 Å². The van der Waals surface area contributed by atoms with Crippen molar-refractivity contribution in [3.63, 3.8) is 0 Å². The van der Waals surface area contributed by atoms with Crippen LogP contribution >= 0.6 is 0 Å². The Labute approximate surface area is 164 Å². The molecule has 27 heavy (non-hydrogen) atoms. The number of aryl methyl sites for hydroxylation is 2. The Morgan fingerprint density at radius 1 is 1.19 bits per heavy atom. The molecular formula is C20H38N6O. The zero-order chi connectivity index (χ0) is 19.3. The third kappa shape index (κ3) is 8.28.